The molecule has 0 spiro atoms. The van der Waals surface area contributed by atoms with Gasteiger partial charge in [0.25, 0.3) is 0 Å². The first-order valence-electron chi connectivity index (χ1n) is 8.29. The number of methoxy groups -OCH3 is 1. The molecule has 25 heavy (non-hydrogen) atoms. The molecule has 140 valence electrons. The highest BCUT2D eigenvalue weighted by molar-refractivity contribution is 6.25. The lowest BCUT2D eigenvalue weighted by Gasteiger charge is -2.30. The molecule has 1 amide bonds. The lowest BCUT2D eigenvalue weighted by Crippen LogP contribution is -2.47. The van der Waals surface area contributed by atoms with Crippen LogP contribution in [0.3, 0.4) is 0 Å². The van der Waals surface area contributed by atoms with Crippen LogP contribution in [0.5, 0.6) is 0 Å². The summed E-state index contributed by atoms with van der Waals surface area (Å²) in [6.45, 7) is 3.22. The van der Waals surface area contributed by atoms with Crippen molar-refractivity contribution in [1.82, 2.24) is 10.2 Å². The van der Waals surface area contributed by atoms with Gasteiger partial charge < -0.3 is 25.2 Å². The van der Waals surface area contributed by atoms with Crippen molar-refractivity contribution in [3.63, 3.8) is 0 Å². The van der Waals surface area contributed by atoms with Gasteiger partial charge in [-0.25, -0.2) is 4.79 Å². The van der Waals surface area contributed by atoms with E-state index in [0.717, 1.165) is 32.1 Å². The highest BCUT2D eigenvalue weighted by atomic mass is 16.5. The van der Waals surface area contributed by atoms with Crippen molar-refractivity contribution < 1.29 is 28.6 Å². The summed E-state index contributed by atoms with van der Waals surface area (Å²) in [5.74, 6) is -1.48. The van der Waals surface area contributed by atoms with Crippen molar-refractivity contribution in [2.75, 3.05) is 27.2 Å². The number of rotatable bonds is 9. The smallest absolute Gasteiger partial charge is 0.328 e. The molecule has 0 bridgehead atoms. The minimum Gasteiger partial charge on any atom is -0.461 e. The molecule has 0 aliphatic carbocycles. The highest BCUT2D eigenvalue weighted by Gasteiger charge is 2.29. The second-order valence-corrected chi connectivity index (χ2v) is 6.13. The van der Waals surface area contributed by atoms with E-state index in [1.807, 2.05) is 7.05 Å². The highest BCUT2D eigenvalue weighted by Crippen LogP contribution is 2.14. The summed E-state index contributed by atoms with van der Waals surface area (Å²) in [4.78, 5) is 40.7. The zero-order valence-electron chi connectivity index (χ0n) is 14.9. The fraction of sp³-hybridized carbons (Fsp3) is 0.750. The summed E-state index contributed by atoms with van der Waals surface area (Å²) in [7, 11) is 3.39. The van der Waals surface area contributed by atoms with Gasteiger partial charge >= 0.3 is 12.2 Å². The number of ketones is 1. The molecular weight excluding hydrogens is 328 g/mol. The van der Waals surface area contributed by atoms with Gasteiger partial charge in [0.05, 0.1) is 0 Å². The Hall–Kier alpha value is -2.09. The molecular formula is C16H26N4O5. The van der Waals surface area contributed by atoms with Gasteiger partial charge in [-0.05, 0) is 33.2 Å². The number of carbonyl (C=O) groups is 3. The number of esters is 1. The fourth-order valence-corrected chi connectivity index (χ4v) is 2.41. The average molecular weight is 354 g/mol. The van der Waals surface area contributed by atoms with Gasteiger partial charge in [0.15, 0.2) is 0 Å². The average Bonchev–Trinajstić information content (AvgIpc) is 2.59. The number of nitrogens with zero attached hydrogens (tertiary/aromatic N) is 3. The fourth-order valence-electron chi connectivity index (χ4n) is 2.41. The third kappa shape index (κ3) is 7.55. The lowest BCUT2D eigenvalue weighted by atomic mass is 10.1. The minimum absolute atomic E-state index is 0.0541. The lowest BCUT2D eigenvalue weighted by molar-refractivity contribution is -0.156. The van der Waals surface area contributed by atoms with Crippen LogP contribution < -0.4 is 5.32 Å². The number of hydrogen-bond donors (Lipinski definition) is 1. The van der Waals surface area contributed by atoms with E-state index in [1.165, 1.54) is 7.11 Å². The molecule has 0 radical (unpaired) electrons. The number of hydrogen-bond acceptors (Lipinski definition) is 6. The zero-order valence-corrected chi connectivity index (χ0v) is 14.9. The largest absolute Gasteiger partial charge is 0.461 e. The molecule has 0 unspecified atom stereocenters. The Morgan fingerprint density at radius 1 is 1.36 bits per heavy atom. The number of ether oxygens (including phenoxy) is 2. The maximum absolute atomic E-state index is 12.4. The van der Waals surface area contributed by atoms with Crippen LogP contribution in [0.2, 0.25) is 0 Å². The Morgan fingerprint density at radius 3 is 2.56 bits per heavy atom. The quantitative estimate of drug-likeness (QED) is 0.265. The van der Waals surface area contributed by atoms with Gasteiger partial charge in [-0.2, -0.15) is 4.79 Å². The first-order chi connectivity index (χ1) is 11.9. The Labute approximate surface area is 147 Å². The Morgan fingerprint density at radius 2 is 2.00 bits per heavy atom. The first-order valence-corrected chi connectivity index (χ1v) is 8.29. The van der Waals surface area contributed by atoms with Crippen LogP contribution in [-0.4, -0.2) is 79.1 Å². The predicted octanol–water partition coefficient (Wildman–Crippen LogP) is -0.207. The Balaban J connectivity index is 2.67. The molecule has 0 aromatic carbocycles. The number of amides is 1. The molecule has 1 rings (SSSR count). The van der Waals surface area contributed by atoms with E-state index in [4.69, 9.17) is 15.0 Å². The predicted molar refractivity (Wildman–Crippen MR) is 88.9 cm³/mol. The van der Waals surface area contributed by atoms with E-state index in [1.54, 1.807) is 6.92 Å². The van der Waals surface area contributed by atoms with Gasteiger partial charge in [-0.1, -0.05) is 0 Å². The number of nitrogens with one attached hydrogen (secondary N) is 1. The summed E-state index contributed by atoms with van der Waals surface area (Å²) < 4.78 is 10.4. The van der Waals surface area contributed by atoms with Crippen molar-refractivity contribution in [3.05, 3.63) is 5.53 Å². The summed E-state index contributed by atoms with van der Waals surface area (Å²) in [6, 6.07) is -0.958. The standard InChI is InChI=1S/C16H26N4O5/c1-11(24-3)15(22)19-14(5-4-12(21)10-18-17)16(23)25-13-6-8-20(2)9-7-13/h10-11,13-14H,4-9H2,1-3H3,(H,19,22)/t11-,14-/m0/s1. The van der Waals surface area contributed by atoms with E-state index < -0.39 is 29.8 Å². The van der Waals surface area contributed by atoms with E-state index >= 15 is 0 Å². The van der Waals surface area contributed by atoms with Crippen molar-refractivity contribution in [2.24, 2.45) is 0 Å². The maximum atomic E-state index is 12.4. The van der Waals surface area contributed by atoms with Crippen LogP contribution in [0.1, 0.15) is 32.6 Å². The van der Waals surface area contributed by atoms with Gasteiger partial charge in [0.2, 0.25) is 11.7 Å². The molecule has 1 N–H and O–H groups in total. The summed E-state index contributed by atoms with van der Waals surface area (Å²) in [5, 5.41) is 2.56. The summed E-state index contributed by atoms with van der Waals surface area (Å²) in [6.07, 6.45) is 1.29. The summed E-state index contributed by atoms with van der Waals surface area (Å²) >= 11 is 0. The molecule has 9 heteroatoms. The SMILES string of the molecule is CO[C@@H](C)C(=O)N[C@@H](CCC(=O)C=[N+]=[N-])C(=O)OC1CCN(C)CC1. The van der Waals surface area contributed by atoms with E-state index in [9.17, 15) is 14.4 Å². The number of piperidine rings is 1. The number of carbonyl (C=O) groups excluding carboxylic acids is 3. The molecule has 0 aromatic heterocycles. The third-order valence-electron chi connectivity index (χ3n) is 4.15. The van der Waals surface area contributed by atoms with Gasteiger partial charge in [-0.3, -0.25) is 9.59 Å². The molecule has 1 heterocycles. The monoisotopic (exact) mass is 354 g/mol. The van der Waals surface area contributed by atoms with Gasteiger partial charge in [0.1, 0.15) is 18.2 Å². The van der Waals surface area contributed by atoms with Gasteiger partial charge in [0, 0.05) is 26.6 Å². The Kier molecular flexibility index (Phi) is 8.98. The normalized spacial score (nSPS) is 17.9. The molecule has 1 aliphatic heterocycles. The molecule has 0 saturated carbocycles. The molecule has 2 atom stereocenters. The van der Waals surface area contributed by atoms with Crippen LogP contribution in [0.4, 0.5) is 0 Å². The second-order valence-electron chi connectivity index (χ2n) is 6.13. The topological polar surface area (TPSA) is 121 Å². The van der Waals surface area contributed by atoms with Crippen molar-refractivity contribution in [1.29, 1.82) is 0 Å². The van der Waals surface area contributed by atoms with Crippen LogP contribution in [0, 0.1) is 0 Å². The van der Waals surface area contributed by atoms with E-state index in [0.29, 0.717) is 0 Å². The van der Waals surface area contributed by atoms with Crippen LogP contribution in [0.15, 0.2) is 0 Å². The van der Waals surface area contributed by atoms with Crippen LogP contribution in [0.25, 0.3) is 5.53 Å². The molecule has 0 aromatic rings. The summed E-state index contributed by atoms with van der Waals surface area (Å²) in [5.41, 5.74) is 8.37. The van der Waals surface area contributed by atoms with Crippen LogP contribution in [-0.2, 0) is 23.9 Å². The first kappa shape index (κ1) is 21.0. The van der Waals surface area contributed by atoms with E-state index in [2.05, 4.69) is 15.0 Å². The molecule has 1 aliphatic rings. The van der Waals surface area contributed by atoms with Crippen molar-refractivity contribution in [2.45, 2.75) is 50.9 Å². The Bertz CT molecular complexity index is 525. The molecule has 9 nitrogen and oxygen atoms in total. The molecule has 1 saturated heterocycles. The number of likely N-dealkylation sites (tertiary alicyclic amines) is 1. The van der Waals surface area contributed by atoms with Crippen molar-refractivity contribution in [3.8, 4) is 0 Å². The second kappa shape index (κ2) is 10.7. The number of Topliss-reactive ketones (excluding diaryl/α,β-unsaturated/α-hetero) is 1. The van der Waals surface area contributed by atoms with Gasteiger partial charge in [-0.15, -0.1) is 0 Å². The minimum atomic E-state index is -0.958. The third-order valence-corrected chi connectivity index (χ3v) is 4.15. The molecule has 1 fully saturated rings. The maximum Gasteiger partial charge on any atom is 0.328 e. The zero-order chi connectivity index (χ0) is 18.8. The van der Waals surface area contributed by atoms with Crippen molar-refractivity contribution >= 4 is 23.9 Å². The van der Waals surface area contributed by atoms with Crippen LogP contribution >= 0.6 is 0 Å². The van der Waals surface area contributed by atoms with E-state index in [-0.39, 0.29) is 18.9 Å².